The van der Waals surface area contributed by atoms with Crippen LogP contribution in [0.5, 0.6) is 5.75 Å². The third-order valence-corrected chi connectivity index (χ3v) is 8.84. The SMILES string of the molecule is COC(=O)c1cc([N+](=O)[O-])cc([N+](=O)[O-])c1O[C@H]1O[C@H](COC(=O)c2ccccc2)[C@@H](OC(=O)c2ccccc2)[C@H](OC(=O)c2ccccc2)[C@H]1OC(=O)c1ccccc1. The summed E-state index contributed by atoms with van der Waals surface area (Å²) in [6, 6.07) is 31.3. The zero-order valence-corrected chi connectivity index (χ0v) is 31.2. The number of benzene rings is 5. The van der Waals surface area contributed by atoms with Gasteiger partial charge in [0.2, 0.25) is 18.1 Å². The van der Waals surface area contributed by atoms with Gasteiger partial charge in [0.05, 0.1) is 45.3 Å². The van der Waals surface area contributed by atoms with E-state index in [-0.39, 0.29) is 22.3 Å². The lowest BCUT2D eigenvalue weighted by molar-refractivity contribution is -0.395. The molecule has 0 aromatic heterocycles. The molecule has 6 rings (SSSR count). The average Bonchev–Trinajstić information content (AvgIpc) is 3.28. The molecule has 18 heteroatoms. The second kappa shape index (κ2) is 19.0. The molecule has 0 unspecified atom stereocenters. The Kier molecular flexibility index (Phi) is 13.2. The number of nitro benzene ring substituents is 2. The minimum Gasteiger partial charge on any atom is -0.465 e. The Labute approximate surface area is 339 Å². The van der Waals surface area contributed by atoms with Gasteiger partial charge in [-0.1, -0.05) is 72.8 Å². The van der Waals surface area contributed by atoms with E-state index in [9.17, 15) is 44.2 Å². The van der Waals surface area contributed by atoms with Crippen molar-refractivity contribution in [3.63, 3.8) is 0 Å². The molecule has 0 saturated carbocycles. The molecule has 5 aromatic carbocycles. The summed E-state index contributed by atoms with van der Waals surface area (Å²) in [7, 11) is 0.903. The zero-order chi connectivity index (χ0) is 42.8. The molecule has 1 heterocycles. The molecule has 5 atom stereocenters. The van der Waals surface area contributed by atoms with Crippen molar-refractivity contribution < 1.29 is 67.0 Å². The highest BCUT2D eigenvalue weighted by atomic mass is 16.7. The van der Waals surface area contributed by atoms with E-state index in [0.29, 0.717) is 12.1 Å². The van der Waals surface area contributed by atoms with Crippen molar-refractivity contribution >= 4 is 41.2 Å². The van der Waals surface area contributed by atoms with Gasteiger partial charge in [-0.3, -0.25) is 20.2 Å². The summed E-state index contributed by atoms with van der Waals surface area (Å²) in [5.41, 5.74) is -2.77. The Hall–Kier alpha value is -7.99. The van der Waals surface area contributed by atoms with Crippen LogP contribution in [0.1, 0.15) is 51.8 Å². The van der Waals surface area contributed by atoms with Gasteiger partial charge in [-0.25, -0.2) is 24.0 Å². The van der Waals surface area contributed by atoms with E-state index < -0.39 is 99.7 Å². The van der Waals surface area contributed by atoms with Gasteiger partial charge in [0.1, 0.15) is 18.3 Å². The fraction of sp³-hybridized carbons (Fsp3) is 0.167. The zero-order valence-electron chi connectivity index (χ0n) is 31.2. The van der Waals surface area contributed by atoms with Gasteiger partial charge >= 0.3 is 35.5 Å². The number of hydrogen-bond donors (Lipinski definition) is 0. The van der Waals surface area contributed by atoms with Crippen LogP contribution < -0.4 is 4.74 Å². The minimum absolute atomic E-state index is 0.0195. The Morgan fingerprint density at radius 2 is 1.00 bits per heavy atom. The lowest BCUT2D eigenvalue weighted by Gasteiger charge is -2.44. The van der Waals surface area contributed by atoms with E-state index in [0.717, 1.165) is 7.11 Å². The molecule has 306 valence electrons. The van der Waals surface area contributed by atoms with E-state index in [4.69, 9.17) is 33.2 Å². The highest BCUT2D eigenvalue weighted by molar-refractivity contribution is 5.95. The number of nitro groups is 2. The topological polar surface area (TPSA) is 236 Å². The van der Waals surface area contributed by atoms with Gasteiger partial charge in [0.15, 0.2) is 12.2 Å². The first-order valence-electron chi connectivity index (χ1n) is 17.8. The first kappa shape index (κ1) is 41.6. The van der Waals surface area contributed by atoms with Crippen molar-refractivity contribution in [2.75, 3.05) is 13.7 Å². The third-order valence-electron chi connectivity index (χ3n) is 8.84. The number of carbonyl (C=O) groups excluding carboxylic acids is 5. The van der Waals surface area contributed by atoms with E-state index >= 15 is 0 Å². The summed E-state index contributed by atoms with van der Waals surface area (Å²) < 4.78 is 40.4. The van der Waals surface area contributed by atoms with Crippen LogP contribution in [-0.2, 0) is 28.4 Å². The van der Waals surface area contributed by atoms with E-state index in [1.165, 1.54) is 72.8 Å². The van der Waals surface area contributed by atoms with Crippen molar-refractivity contribution in [2.24, 2.45) is 0 Å². The second-order valence-electron chi connectivity index (χ2n) is 12.7. The Bertz CT molecular complexity index is 2380. The molecular formula is C42H32N2O16. The predicted octanol–water partition coefficient (Wildman–Crippen LogP) is 5.93. The number of methoxy groups -OCH3 is 1. The number of non-ortho nitro benzene ring substituents is 1. The molecular weight excluding hydrogens is 788 g/mol. The summed E-state index contributed by atoms with van der Waals surface area (Å²) in [6.07, 6.45) is -9.60. The van der Waals surface area contributed by atoms with Gasteiger partial charge in [-0.2, -0.15) is 0 Å². The predicted molar refractivity (Wildman–Crippen MR) is 204 cm³/mol. The van der Waals surface area contributed by atoms with Crippen LogP contribution in [0.4, 0.5) is 11.4 Å². The molecule has 1 saturated heterocycles. The van der Waals surface area contributed by atoms with Crippen molar-refractivity contribution in [3.8, 4) is 5.75 Å². The first-order valence-corrected chi connectivity index (χ1v) is 17.8. The summed E-state index contributed by atoms with van der Waals surface area (Å²) in [5.74, 6) is -6.25. The van der Waals surface area contributed by atoms with Crippen LogP contribution in [0, 0.1) is 20.2 Å². The maximum Gasteiger partial charge on any atom is 0.342 e. The maximum atomic E-state index is 13.9. The van der Waals surface area contributed by atoms with Crippen molar-refractivity contribution in [3.05, 3.63) is 182 Å². The number of nitrogens with zero attached hydrogens (tertiary/aromatic N) is 2. The summed E-state index contributed by atoms with van der Waals surface area (Å²) in [5, 5.41) is 24.2. The number of hydrogen-bond acceptors (Lipinski definition) is 16. The van der Waals surface area contributed by atoms with Crippen molar-refractivity contribution in [1.82, 2.24) is 0 Å². The normalized spacial score (nSPS) is 18.2. The molecule has 0 amide bonds. The molecule has 0 bridgehead atoms. The average molecular weight is 821 g/mol. The smallest absolute Gasteiger partial charge is 0.342 e. The molecule has 1 fully saturated rings. The van der Waals surface area contributed by atoms with Crippen LogP contribution in [0.2, 0.25) is 0 Å². The van der Waals surface area contributed by atoms with Crippen LogP contribution in [0.3, 0.4) is 0 Å². The largest absolute Gasteiger partial charge is 0.465 e. The number of ether oxygens (including phenoxy) is 7. The standard InChI is InChI=1S/C42H32N2O16/c1-54-41(49)30-22-29(43(50)51)23-31(44(52)53)33(30)60-42-36(59-40(48)28-20-12-5-13-21-28)35(58-39(47)27-18-10-4-11-19-27)34(57-38(46)26-16-8-3-9-17-26)32(56-42)24-55-37(45)25-14-6-2-7-15-25/h2-23,32,34-36,42H,24H2,1H3/t32-,34-,35+,36-,42-/m1/s1. The Morgan fingerprint density at radius 1 is 0.567 bits per heavy atom. The summed E-state index contributed by atoms with van der Waals surface area (Å²) in [4.78, 5) is 89.9. The molecule has 5 aromatic rings. The lowest BCUT2D eigenvalue weighted by atomic mass is 9.97. The Balaban J connectivity index is 1.52. The van der Waals surface area contributed by atoms with Gasteiger partial charge in [-0.15, -0.1) is 0 Å². The maximum absolute atomic E-state index is 13.9. The molecule has 0 aliphatic carbocycles. The quantitative estimate of drug-likeness (QED) is 0.0546. The Morgan fingerprint density at radius 3 is 1.43 bits per heavy atom. The van der Waals surface area contributed by atoms with Crippen molar-refractivity contribution in [2.45, 2.75) is 30.7 Å². The minimum atomic E-state index is -2.15. The monoisotopic (exact) mass is 820 g/mol. The van der Waals surface area contributed by atoms with Gasteiger partial charge in [0.25, 0.3) is 5.69 Å². The van der Waals surface area contributed by atoms with Crippen molar-refractivity contribution in [1.29, 1.82) is 0 Å². The molecule has 18 nitrogen and oxygen atoms in total. The van der Waals surface area contributed by atoms with Crippen LogP contribution in [-0.4, -0.2) is 84.1 Å². The first-order chi connectivity index (χ1) is 28.9. The fourth-order valence-electron chi connectivity index (χ4n) is 5.96. The van der Waals surface area contributed by atoms with Crippen LogP contribution in [0.15, 0.2) is 133 Å². The molecule has 60 heavy (non-hydrogen) atoms. The third kappa shape index (κ3) is 9.75. The number of rotatable bonds is 14. The second-order valence-corrected chi connectivity index (χ2v) is 12.7. The van der Waals surface area contributed by atoms with Crippen LogP contribution >= 0.6 is 0 Å². The van der Waals surface area contributed by atoms with Gasteiger partial charge < -0.3 is 33.2 Å². The van der Waals surface area contributed by atoms with Crippen LogP contribution in [0.25, 0.3) is 0 Å². The molecule has 0 radical (unpaired) electrons. The number of carbonyl (C=O) groups is 5. The molecule has 1 aliphatic rings. The van der Waals surface area contributed by atoms with E-state index in [1.54, 1.807) is 48.5 Å². The van der Waals surface area contributed by atoms with Gasteiger partial charge in [-0.05, 0) is 48.5 Å². The fourth-order valence-corrected chi connectivity index (χ4v) is 5.96. The van der Waals surface area contributed by atoms with Gasteiger partial charge in [0, 0.05) is 6.07 Å². The molecule has 0 N–H and O–H groups in total. The van der Waals surface area contributed by atoms with E-state index in [1.807, 2.05) is 0 Å². The molecule has 1 aliphatic heterocycles. The number of esters is 5. The highest BCUT2D eigenvalue weighted by Crippen LogP contribution is 2.40. The van der Waals surface area contributed by atoms with E-state index in [2.05, 4.69) is 0 Å². The summed E-state index contributed by atoms with van der Waals surface area (Å²) >= 11 is 0. The lowest BCUT2D eigenvalue weighted by Crippen LogP contribution is -2.64. The highest BCUT2D eigenvalue weighted by Gasteiger charge is 2.55. The molecule has 0 spiro atoms. The summed E-state index contributed by atoms with van der Waals surface area (Å²) in [6.45, 7) is -0.773.